The smallest absolute Gasteiger partial charge is 0.252 e. The van der Waals surface area contributed by atoms with Crippen molar-refractivity contribution in [3.8, 4) is 0 Å². The second kappa shape index (κ2) is 6.54. The van der Waals surface area contributed by atoms with Crippen molar-refractivity contribution < 1.29 is 4.79 Å². The first kappa shape index (κ1) is 18.8. The number of carbonyl (C=O) groups excluding carboxylic acids is 1. The number of rotatable bonds is 2. The van der Waals surface area contributed by atoms with Gasteiger partial charge >= 0.3 is 0 Å². The topological polar surface area (TPSA) is 68.3 Å². The molecule has 1 fully saturated rings. The van der Waals surface area contributed by atoms with Gasteiger partial charge in [0.05, 0.1) is 16.6 Å². The molecule has 2 heterocycles. The largest absolute Gasteiger partial charge is 0.784 e. The second-order valence-electron chi connectivity index (χ2n) is 9.02. The first-order valence-electron chi connectivity index (χ1n) is 9.75. The molecule has 0 unspecified atom stereocenters. The molecule has 0 saturated carbocycles. The van der Waals surface area contributed by atoms with Crippen LogP contribution in [0.4, 0.5) is 0 Å². The monoisotopic (exact) mass is 376 g/mol. The first-order valence-corrected chi connectivity index (χ1v) is 9.75. The minimum atomic E-state index is -0.526. The Morgan fingerprint density at radius 2 is 1.43 bits per heavy atom. The summed E-state index contributed by atoms with van der Waals surface area (Å²) in [6.45, 7) is 7.77. The van der Waals surface area contributed by atoms with Crippen molar-refractivity contribution in [2.24, 2.45) is 0 Å². The lowest BCUT2D eigenvalue weighted by Crippen LogP contribution is -2.61. The van der Waals surface area contributed by atoms with Crippen LogP contribution in [0.25, 0.3) is 21.8 Å². The summed E-state index contributed by atoms with van der Waals surface area (Å²) in [5.41, 5.74) is 1.22. The third-order valence-electron chi connectivity index (χ3n) is 5.74. The van der Waals surface area contributed by atoms with Gasteiger partial charge in [0, 0.05) is 27.9 Å². The highest BCUT2D eigenvalue weighted by Crippen LogP contribution is 2.37. The van der Waals surface area contributed by atoms with E-state index in [-0.39, 0.29) is 11.9 Å². The number of hydrogen-bond acceptors (Lipinski definition) is 4. The molecular formula is C23H26N3O2-. The molecular weight excluding hydrogens is 350 g/mol. The molecule has 0 atom stereocenters. The fraction of sp³-hybridized carbons (Fsp3) is 0.391. The van der Waals surface area contributed by atoms with E-state index in [1.54, 1.807) is 0 Å². The molecule has 1 aliphatic heterocycles. The number of hydrogen-bond donors (Lipinski definition) is 1. The summed E-state index contributed by atoms with van der Waals surface area (Å²) in [6.07, 6.45) is 1.24. The highest BCUT2D eigenvalue weighted by atomic mass is 16.5. The molecule has 1 saturated heterocycles. The van der Waals surface area contributed by atoms with Gasteiger partial charge in [-0.1, -0.05) is 36.4 Å². The van der Waals surface area contributed by atoms with E-state index in [1.165, 1.54) is 5.06 Å². The highest BCUT2D eigenvalue weighted by molar-refractivity contribution is 6.16. The number of fused-ring (bicyclic) bond motifs is 2. The van der Waals surface area contributed by atoms with Crippen LogP contribution in [0.3, 0.4) is 0 Å². The molecule has 4 rings (SSSR count). The zero-order valence-electron chi connectivity index (χ0n) is 16.8. The summed E-state index contributed by atoms with van der Waals surface area (Å²) in [6, 6.07) is 15.4. The van der Waals surface area contributed by atoms with E-state index in [0.717, 1.165) is 21.8 Å². The second-order valence-corrected chi connectivity index (χ2v) is 9.02. The number of nitrogens with one attached hydrogen (secondary N) is 1. The summed E-state index contributed by atoms with van der Waals surface area (Å²) in [4.78, 5) is 18.1. The molecule has 1 amide bonds. The molecule has 0 aliphatic carbocycles. The van der Waals surface area contributed by atoms with Crippen molar-refractivity contribution in [2.45, 2.75) is 57.7 Å². The van der Waals surface area contributed by atoms with E-state index in [4.69, 9.17) is 4.98 Å². The summed E-state index contributed by atoms with van der Waals surface area (Å²) >= 11 is 0. The number of carbonyl (C=O) groups is 1. The van der Waals surface area contributed by atoms with Gasteiger partial charge in [0.25, 0.3) is 5.91 Å². The predicted octanol–water partition coefficient (Wildman–Crippen LogP) is 4.64. The third kappa shape index (κ3) is 3.15. The summed E-state index contributed by atoms with van der Waals surface area (Å²) < 4.78 is 0. The molecule has 0 radical (unpaired) electrons. The lowest BCUT2D eigenvalue weighted by atomic mass is 9.79. The molecule has 1 aromatic heterocycles. The Balaban J connectivity index is 1.75. The number of para-hydroxylation sites is 2. The standard InChI is InChI=1S/C23H26N3O2/c1-22(2)13-15(14-23(3,4)26(22)28)24-21(27)20-16-9-5-7-11-18(16)25-19-12-8-6-10-17(19)20/h5-12,15H,13-14H2,1-4H3,(H,24,27)/q-1. The maximum absolute atomic E-state index is 13.4. The summed E-state index contributed by atoms with van der Waals surface area (Å²) in [5.74, 6) is -0.106. The van der Waals surface area contributed by atoms with Gasteiger partial charge in [-0.05, 0) is 52.7 Å². The van der Waals surface area contributed by atoms with Crippen molar-refractivity contribution in [3.05, 3.63) is 59.3 Å². The summed E-state index contributed by atoms with van der Waals surface area (Å²) in [5, 5.41) is 18.7. The Hall–Kier alpha value is -2.50. The Labute approximate surface area is 165 Å². The first-order chi connectivity index (χ1) is 13.2. The third-order valence-corrected chi connectivity index (χ3v) is 5.74. The van der Waals surface area contributed by atoms with Crippen molar-refractivity contribution in [1.82, 2.24) is 15.4 Å². The van der Waals surface area contributed by atoms with E-state index in [2.05, 4.69) is 5.32 Å². The number of piperidine rings is 1. The zero-order chi connectivity index (χ0) is 20.1. The molecule has 5 nitrogen and oxygen atoms in total. The molecule has 0 bridgehead atoms. The van der Waals surface area contributed by atoms with Crippen LogP contribution in [0.2, 0.25) is 0 Å². The van der Waals surface area contributed by atoms with Crippen LogP contribution in [0, 0.1) is 5.21 Å². The lowest BCUT2D eigenvalue weighted by Gasteiger charge is -2.60. The van der Waals surface area contributed by atoms with Gasteiger partial charge in [0.15, 0.2) is 0 Å². The van der Waals surface area contributed by atoms with Crippen molar-refractivity contribution in [2.75, 3.05) is 0 Å². The van der Waals surface area contributed by atoms with Gasteiger partial charge in [-0.3, -0.25) is 4.79 Å². The van der Waals surface area contributed by atoms with E-state index < -0.39 is 11.1 Å². The average Bonchev–Trinajstić information content (AvgIpc) is 2.63. The fourth-order valence-corrected chi connectivity index (χ4v) is 4.71. The maximum Gasteiger partial charge on any atom is 0.252 e. The number of aromatic nitrogens is 1. The van der Waals surface area contributed by atoms with E-state index in [1.807, 2.05) is 76.2 Å². The Morgan fingerprint density at radius 1 is 0.964 bits per heavy atom. The van der Waals surface area contributed by atoms with E-state index >= 15 is 0 Å². The van der Waals surface area contributed by atoms with Crippen LogP contribution in [-0.4, -0.2) is 33.1 Å². The highest BCUT2D eigenvalue weighted by Gasteiger charge is 2.40. The maximum atomic E-state index is 13.4. The predicted molar refractivity (Wildman–Crippen MR) is 113 cm³/mol. The Morgan fingerprint density at radius 3 is 1.93 bits per heavy atom. The van der Waals surface area contributed by atoms with Crippen LogP contribution in [0.5, 0.6) is 0 Å². The van der Waals surface area contributed by atoms with Crippen LogP contribution < -0.4 is 5.32 Å². The SMILES string of the molecule is CC1(C)CC(NC(=O)c2c3ccccc3nc3ccccc23)CC(C)(C)N1[O-]. The van der Waals surface area contributed by atoms with Crippen molar-refractivity contribution in [1.29, 1.82) is 0 Å². The molecule has 146 valence electrons. The van der Waals surface area contributed by atoms with Crippen LogP contribution >= 0.6 is 0 Å². The number of pyridine rings is 1. The zero-order valence-corrected chi connectivity index (χ0v) is 16.8. The Kier molecular flexibility index (Phi) is 4.40. The minimum Gasteiger partial charge on any atom is -0.784 e. The van der Waals surface area contributed by atoms with E-state index in [0.29, 0.717) is 18.4 Å². The Bertz CT molecular complexity index is 986. The minimum absolute atomic E-state index is 0.0617. The van der Waals surface area contributed by atoms with Gasteiger partial charge in [-0.15, -0.1) is 0 Å². The van der Waals surface area contributed by atoms with Gasteiger partial charge in [-0.25, -0.2) is 4.98 Å². The molecule has 0 spiro atoms. The molecule has 1 aliphatic rings. The van der Waals surface area contributed by atoms with Crippen molar-refractivity contribution in [3.63, 3.8) is 0 Å². The molecule has 2 aromatic carbocycles. The number of nitrogens with zero attached hydrogens (tertiary/aromatic N) is 2. The molecule has 28 heavy (non-hydrogen) atoms. The van der Waals surface area contributed by atoms with Gasteiger partial charge in [0.1, 0.15) is 0 Å². The van der Waals surface area contributed by atoms with Crippen LogP contribution in [0.1, 0.15) is 50.9 Å². The van der Waals surface area contributed by atoms with Gasteiger partial charge in [-0.2, -0.15) is 0 Å². The van der Waals surface area contributed by atoms with Crippen LogP contribution in [0.15, 0.2) is 48.5 Å². The van der Waals surface area contributed by atoms with Crippen molar-refractivity contribution >= 4 is 27.7 Å². The van der Waals surface area contributed by atoms with Crippen LogP contribution in [-0.2, 0) is 0 Å². The average molecular weight is 376 g/mol. The number of benzene rings is 2. The molecule has 3 aromatic rings. The number of amides is 1. The fourth-order valence-electron chi connectivity index (χ4n) is 4.71. The number of hydroxylamine groups is 2. The molecule has 1 N–H and O–H groups in total. The van der Waals surface area contributed by atoms with E-state index in [9.17, 15) is 10.0 Å². The quantitative estimate of drug-likeness (QED) is 0.662. The molecule has 5 heteroatoms. The summed E-state index contributed by atoms with van der Waals surface area (Å²) in [7, 11) is 0. The van der Waals surface area contributed by atoms with Gasteiger partial charge in [0.2, 0.25) is 0 Å². The normalized spacial score (nSPS) is 19.8. The lowest BCUT2D eigenvalue weighted by molar-refractivity contribution is 0.00243. The van der Waals surface area contributed by atoms with Gasteiger partial charge < -0.3 is 15.6 Å².